The normalized spacial score (nSPS) is 16.6. The average Bonchev–Trinajstić information content (AvgIpc) is 3.16. The molecule has 0 saturated carbocycles. The smallest absolute Gasteiger partial charge is 0.254 e. The maximum absolute atomic E-state index is 12.8. The summed E-state index contributed by atoms with van der Waals surface area (Å²) in [4.78, 5) is 27.3. The van der Waals surface area contributed by atoms with Crippen LogP contribution in [0.25, 0.3) is 0 Å². The third kappa shape index (κ3) is 3.50. The summed E-state index contributed by atoms with van der Waals surface area (Å²) in [5, 5.41) is 0. The van der Waals surface area contributed by atoms with Crippen LogP contribution >= 0.6 is 0 Å². The van der Waals surface area contributed by atoms with Crippen molar-refractivity contribution < 1.29 is 19.1 Å². The van der Waals surface area contributed by atoms with Crippen LogP contribution in [-0.4, -0.2) is 43.4 Å². The first-order valence-electron chi connectivity index (χ1n) is 8.27. The fraction of sp³-hybridized carbons (Fsp3) is 0.300. The van der Waals surface area contributed by atoms with Crippen LogP contribution in [0.4, 0.5) is 0 Å². The van der Waals surface area contributed by atoms with Crippen LogP contribution < -0.4 is 9.47 Å². The van der Waals surface area contributed by atoms with E-state index in [9.17, 15) is 9.59 Å². The lowest BCUT2D eigenvalue weighted by molar-refractivity contribution is 0.0671. The van der Waals surface area contributed by atoms with Gasteiger partial charge in [0.05, 0.1) is 20.3 Å². The molecule has 0 aliphatic carbocycles. The van der Waals surface area contributed by atoms with Gasteiger partial charge in [-0.25, -0.2) is 0 Å². The van der Waals surface area contributed by atoms with Gasteiger partial charge in [0.15, 0.2) is 5.78 Å². The van der Waals surface area contributed by atoms with Crippen molar-refractivity contribution in [1.29, 1.82) is 0 Å². The van der Waals surface area contributed by atoms with Gasteiger partial charge in [-0.05, 0) is 61.4 Å². The number of hydrogen-bond donors (Lipinski definition) is 0. The van der Waals surface area contributed by atoms with Gasteiger partial charge in [0, 0.05) is 17.7 Å². The quantitative estimate of drug-likeness (QED) is 0.785. The molecule has 0 N–H and O–H groups in total. The van der Waals surface area contributed by atoms with Crippen LogP contribution in [0.3, 0.4) is 0 Å². The van der Waals surface area contributed by atoms with Crippen LogP contribution in [0.2, 0.25) is 0 Å². The molecule has 0 aromatic heterocycles. The average molecular weight is 339 g/mol. The third-order valence-electron chi connectivity index (χ3n) is 4.53. The van der Waals surface area contributed by atoms with Crippen molar-refractivity contribution in [2.75, 3.05) is 20.8 Å². The lowest BCUT2D eigenvalue weighted by atomic mass is 10.0. The third-order valence-corrected chi connectivity index (χ3v) is 4.53. The van der Waals surface area contributed by atoms with Crippen molar-refractivity contribution in [1.82, 2.24) is 4.90 Å². The number of amides is 1. The van der Waals surface area contributed by atoms with E-state index >= 15 is 0 Å². The molecule has 3 rings (SSSR count). The standard InChI is InChI=1S/C20H21NO4/c1-24-16-9-5-14(6-10-16)19(22)18-4-3-13-21(18)20(23)15-7-11-17(25-2)12-8-15/h5-12,18H,3-4,13H2,1-2H3. The molecule has 2 aromatic rings. The predicted octanol–water partition coefficient (Wildman–Crippen LogP) is 3.19. The lowest BCUT2D eigenvalue weighted by Crippen LogP contribution is -2.40. The van der Waals surface area contributed by atoms with Gasteiger partial charge in [-0.1, -0.05) is 0 Å². The molecule has 2 aromatic carbocycles. The molecule has 25 heavy (non-hydrogen) atoms. The summed E-state index contributed by atoms with van der Waals surface area (Å²) in [6, 6.07) is 13.6. The van der Waals surface area contributed by atoms with Gasteiger partial charge in [-0.3, -0.25) is 9.59 Å². The minimum atomic E-state index is -0.414. The Kier molecular flexibility index (Phi) is 5.03. The molecule has 1 unspecified atom stereocenters. The highest BCUT2D eigenvalue weighted by atomic mass is 16.5. The number of Topliss-reactive ketones (excluding diaryl/α,β-unsaturated/α-hetero) is 1. The van der Waals surface area contributed by atoms with Gasteiger partial charge in [-0.15, -0.1) is 0 Å². The second kappa shape index (κ2) is 7.38. The molecule has 0 spiro atoms. The molecule has 0 bridgehead atoms. The summed E-state index contributed by atoms with van der Waals surface area (Å²) in [5.74, 6) is 1.26. The summed E-state index contributed by atoms with van der Waals surface area (Å²) >= 11 is 0. The van der Waals surface area contributed by atoms with Crippen molar-refractivity contribution >= 4 is 11.7 Å². The number of carbonyl (C=O) groups excluding carboxylic acids is 2. The highest BCUT2D eigenvalue weighted by Gasteiger charge is 2.34. The zero-order chi connectivity index (χ0) is 17.8. The van der Waals surface area contributed by atoms with E-state index in [1.165, 1.54) is 0 Å². The number of ketones is 1. The Labute approximate surface area is 147 Å². The van der Waals surface area contributed by atoms with Gasteiger partial charge >= 0.3 is 0 Å². The Bertz CT molecular complexity index is 687. The molecule has 0 radical (unpaired) electrons. The van der Waals surface area contributed by atoms with Crippen molar-refractivity contribution in [3.8, 4) is 11.5 Å². The van der Waals surface area contributed by atoms with Gasteiger partial charge in [-0.2, -0.15) is 0 Å². The first-order valence-corrected chi connectivity index (χ1v) is 8.27. The molecule has 5 nitrogen and oxygen atoms in total. The van der Waals surface area contributed by atoms with Crippen LogP contribution in [0, 0.1) is 0 Å². The number of ether oxygens (including phenoxy) is 2. The number of nitrogens with zero attached hydrogens (tertiary/aromatic N) is 1. The van der Waals surface area contributed by atoms with Crippen LogP contribution in [0.1, 0.15) is 33.6 Å². The number of likely N-dealkylation sites (tertiary alicyclic amines) is 1. The minimum Gasteiger partial charge on any atom is -0.497 e. The van der Waals surface area contributed by atoms with Crippen molar-refractivity contribution in [2.24, 2.45) is 0 Å². The fourth-order valence-corrected chi connectivity index (χ4v) is 3.13. The molecule has 1 aliphatic rings. The molecule has 1 fully saturated rings. The van der Waals surface area contributed by atoms with Gasteiger partial charge < -0.3 is 14.4 Å². The van der Waals surface area contributed by atoms with Crippen molar-refractivity contribution in [3.05, 3.63) is 59.7 Å². The van der Waals surface area contributed by atoms with Crippen LogP contribution in [0.15, 0.2) is 48.5 Å². The Morgan fingerprint density at radius 2 is 1.40 bits per heavy atom. The summed E-state index contributed by atoms with van der Waals surface area (Å²) < 4.78 is 10.2. The number of carbonyl (C=O) groups is 2. The fourth-order valence-electron chi connectivity index (χ4n) is 3.13. The maximum atomic E-state index is 12.8. The lowest BCUT2D eigenvalue weighted by Gasteiger charge is -2.24. The molecule has 130 valence electrons. The molecule has 1 amide bonds. The van der Waals surface area contributed by atoms with E-state index in [0.29, 0.717) is 35.6 Å². The minimum absolute atomic E-state index is 0.0259. The molecular formula is C20H21NO4. The summed E-state index contributed by atoms with van der Waals surface area (Å²) in [7, 11) is 3.17. The van der Waals surface area contributed by atoms with Crippen LogP contribution in [-0.2, 0) is 0 Å². The Hall–Kier alpha value is -2.82. The van der Waals surface area contributed by atoms with Gasteiger partial charge in [0.1, 0.15) is 11.5 Å². The van der Waals surface area contributed by atoms with Crippen molar-refractivity contribution in [2.45, 2.75) is 18.9 Å². The summed E-state index contributed by atoms with van der Waals surface area (Å²) in [6.45, 7) is 0.595. The molecular weight excluding hydrogens is 318 g/mol. The topological polar surface area (TPSA) is 55.8 Å². The second-order valence-corrected chi connectivity index (χ2v) is 5.98. The van der Waals surface area contributed by atoms with Crippen LogP contribution in [0.5, 0.6) is 11.5 Å². The van der Waals surface area contributed by atoms with E-state index in [0.717, 1.165) is 6.42 Å². The monoisotopic (exact) mass is 339 g/mol. The molecule has 1 aliphatic heterocycles. The molecule has 1 heterocycles. The Balaban J connectivity index is 1.78. The van der Waals surface area contributed by atoms with E-state index in [-0.39, 0.29) is 11.7 Å². The van der Waals surface area contributed by atoms with Crippen molar-refractivity contribution in [3.63, 3.8) is 0 Å². The summed E-state index contributed by atoms with van der Waals surface area (Å²) in [6.07, 6.45) is 1.52. The van der Waals surface area contributed by atoms with Gasteiger partial charge in [0.2, 0.25) is 0 Å². The molecule has 5 heteroatoms. The number of methoxy groups -OCH3 is 2. The van der Waals surface area contributed by atoms with Gasteiger partial charge in [0.25, 0.3) is 5.91 Å². The van der Waals surface area contributed by atoms with E-state index in [4.69, 9.17) is 9.47 Å². The SMILES string of the molecule is COc1ccc(C(=O)C2CCCN2C(=O)c2ccc(OC)cc2)cc1. The molecule has 1 atom stereocenters. The number of rotatable bonds is 5. The summed E-state index contributed by atoms with van der Waals surface area (Å²) in [5.41, 5.74) is 1.16. The zero-order valence-electron chi connectivity index (χ0n) is 14.4. The molecule has 1 saturated heterocycles. The second-order valence-electron chi connectivity index (χ2n) is 5.98. The zero-order valence-corrected chi connectivity index (χ0v) is 14.4. The number of hydrogen-bond acceptors (Lipinski definition) is 4. The maximum Gasteiger partial charge on any atom is 0.254 e. The Morgan fingerprint density at radius 3 is 1.92 bits per heavy atom. The highest BCUT2D eigenvalue weighted by molar-refractivity contribution is 6.04. The first kappa shape index (κ1) is 17.0. The predicted molar refractivity (Wildman–Crippen MR) is 94.4 cm³/mol. The Morgan fingerprint density at radius 1 is 0.880 bits per heavy atom. The number of benzene rings is 2. The largest absolute Gasteiger partial charge is 0.497 e. The van der Waals surface area contributed by atoms with E-state index < -0.39 is 6.04 Å². The first-order chi connectivity index (χ1) is 12.1. The van der Waals surface area contributed by atoms with E-state index in [2.05, 4.69) is 0 Å². The highest BCUT2D eigenvalue weighted by Crippen LogP contribution is 2.25. The van der Waals surface area contributed by atoms with E-state index in [1.54, 1.807) is 67.7 Å². The van der Waals surface area contributed by atoms with E-state index in [1.807, 2.05) is 0 Å².